The summed E-state index contributed by atoms with van der Waals surface area (Å²) in [4.78, 5) is 4.27. The summed E-state index contributed by atoms with van der Waals surface area (Å²) < 4.78 is 5.66. The van der Waals surface area contributed by atoms with E-state index in [1.165, 1.54) is 0 Å². The zero-order chi connectivity index (χ0) is 10.8. The van der Waals surface area contributed by atoms with E-state index in [0.717, 1.165) is 24.5 Å². The lowest BCUT2D eigenvalue weighted by Crippen LogP contribution is -2.08. The van der Waals surface area contributed by atoms with Crippen molar-refractivity contribution in [2.75, 3.05) is 0 Å². The van der Waals surface area contributed by atoms with Crippen molar-refractivity contribution in [1.82, 2.24) is 4.98 Å². The Morgan fingerprint density at radius 3 is 2.50 bits per heavy atom. The van der Waals surface area contributed by atoms with Crippen molar-refractivity contribution in [3.05, 3.63) is 17.8 Å². The molecule has 0 aromatic carbocycles. The molecule has 1 aromatic rings. The smallest absolute Gasteiger partial charge is 0.194 e. The van der Waals surface area contributed by atoms with Gasteiger partial charge >= 0.3 is 0 Å². The first-order valence-corrected chi connectivity index (χ1v) is 5.30. The standard InChI is InChI=1S/C12H21NO/c1-9(2)6-11-13-8-10(14-11)7-12(3,4)5/h8-9H,6-7H2,1-5H3. The van der Waals surface area contributed by atoms with Crippen molar-refractivity contribution in [3.8, 4) is 0 Å². The number of nitrogens with zero attached hydrogens (tertiary/aromatic N) is 1. The molecule has 0 fully saturated rings. The lowest BCUT2D eigenvalue weighted by Gasteiger charge is -2.15. The number of hydrogen-bond donors (Lipinski definition) is 0. The summed E-state index contributed by atoms with van der Waals surface area (Å²) >= 11 is 0. The third-order valence-corrected chi connectivity index (χ3v) is 1.89. The summed E-state index contributed by atoms with van der Waals surface area (Å²) in [5.74, 6) is 2.49. The minimum absolute atomic E-state index is 0.272. The number of aromatic nitrogens is 1. The van der Waals surface area contributed by atoms with E-state index in [2.05, 4.69) is 39.6 Å². The fraction of sp³-hybridized carbons (Fsp3) is 0.750. The third kappa shape index (κ3) is 3.95. The predicted molar refractivity (Wildman–Crippen MR) is 58.2 cm³/mol. The van der Waals surface area contributed by atoms with E-state index in [4.69, 9.17) is 4.42 Å². The van der Waals surface area contributed by atoms with Crippen molar-refractivity contribution in [2.24, 2.45) is 11.3 Å². The zero-order valence-electron chi connectivity index (χ0n) is 9.92. The van der Waals surface area contributed by atoms with E-state index >= 15 is 0 Å². The number of oxazole rings is 1. The second-order valence-corrected chi connectivity index (χ2v) is 5.56. The molecule has 0 aliphatic rings. The Bertz CT molecular complexity index is 281. The molecule has 2 nitrogen and oxygen atoms in total. The van der Waals surface area contributed by atoms with Crippen LogP contribution >= 0.6 is 0 Å². The van der Waals surface area contributed by atoms with Gasteiger partial charge in [-0.05, 0) is 11.3 Å². The van der Waals surface area contributed by atoms with Crippen molar-refractivity contribution in [1.29, 1.82) is 0 Å². The van der Waals surface area contributed by atoms with Crippen LogP contribution in [0.1, 0.15) is 46.3 Å². The molecule has 0 unspecified atom stereocenters. The van der Waals surface area contributed by atoms with Crippen molar-refractivity contribution >= 4 is 0 Å². The second kappa shape index (κ2) is 4.16. The molecular weight excluding hydrogens is 174 g/mol. The van der Waals surface area contributed by atoms with Gasteiger partial charge in [0.15, 0.2) is 5.89 Å². The second-order valence-electron chi connectivity index (χ2n) is 5.56. The molecule has 1 aromatic heterocycles. The molecule has 14 heavy (non-hydrogen) atoms. The van der Waals surface area contributed by atoms with Gasteiger partial charge in [0.1, 0.15) is 5.76 Å². The molecule has 0 aliphatic carbocycles. The van der Waals surface area contributed by atoms with Crippen LogP contribution in [0.4, 0.5) is 0 Å². The normalized spacial score (nSPS) is 12.4. The first-order chi connectivity index (χ1) is 6.37. The lowest BCUT2D eigenvalue weighted by molar-refractivity contribution is 0.347. The summed E-state index contributed by atoms with van der Waals surface area (Å²) in [6, 6.07) is 0. The predicted octanol–water partition coefficient (Wildman–Crippen LogP) is 3.46. The van der Waals surface area contributed by atoms with Gasteiger partial charge in [-0.2, -0.15) is 0 Å². The van der Waals surface area contributed by atoms with Gasteiger partial charge in [-0.3, -0.25) is 0 Å². The maximum Gasteiger partial charge on any atom is 0.194 e. The fourth-order valence-electron chi connectivity index (χ4n) is 1.40. The summed E-state index contributed by atoms with van der Waals surface area (Å²) in [6.45, 7) is 11.0. The summed E-state index contributed by atoms with van der Waals surface area (Å²) in [7, 11) is 0. The van der Waals surface area contributed by atoms with Gasteiger partial charge in [0.25, 0.3) is 0 Å². The van der Waals surface area contributed by atoms with Gasteiger partial charge in [-0.15, -0.1) is 0 Å². The van der Waals surface area contributed by atoms with Gasteiger partial charge in [0.2, 0.25) is 0 Å². The van der Waals surface area contributed by atoms with Crippen molar-refractivity contribution in [2.45, 2.75) is 47.5 Å². The molecule has 0 atom stereocenters. The molecular formula is C12H21NO. The Labute approximate surface area is 86.7 Å². The highest BCUT2D eigenvalue weighted by atomic mass is 16.4. The fourth-order valence-corrected chi connectivity index (χ4v) is 1.40. The first-order valence-electron chi connectivity index (χ1n) is 5.30. The monoisotopic (exact) mass is 195 g/mol. The van der Waals surface area contributed by atoms with Gasteiger partial charge in [-0.1, -0.05) is 34.6 Å². The van der Waals surface area contributed by atoms with Crippen molar-refractivity contribution in [3.63, 3.8) is 0 Å². The minimum atomic E-state index is 0.272. The first kappa shape index (κ1) is 11.3. The van der Waals surface area contributed by atoms with Gasteiger partial charge in [-0.25, -0.2) is 4.98 Å². The third-order valence-electron chi connectivity index (χ3n) is 1.89. The van der Waals surface area contributed by atoms with Crippen LogP contribution in [0, 0.1) is 11.3 Å². The van der Waals surface area contributed by atoms with Crippen LogP contribution < -0.4 is 0 Å². The van der Waals surface area contributed by atoms with E-state index in [9.17, 15) is 0 Å². The minimum Gasteiger partial charge on any atom is -0.446 e. The lowest BCUT2D eigenvalue weighted by atomic mass is 9.91. The zero-order valence-corrected chi connectivity index (χ0v) is 9.92. The Kier molecular flexibility index (Phi) is 3.35. The molecule has 80 valence electrons. The maximum atomic E-state index is 5.66. The SMILES string of the molecule is CC(C)Cc1ncc(CC(C)(C)C)o1. The molecule has 0 saturated carbocycles. The van der Waals surface area contributed by atoms with Gasteiger partial charge in [0, 0.05) is 12.8 Å². The summed E-state index contributed by atoms with van der Waals surface area (Å²) in [5.41, 5.74) is 0.272. The average Bonchev–Trinajstić information content (AvgIpc) is 2.30. The van der Waals surface area contributed by atoms with Crippen LogP contribution in [0.3, 0.4) is 0 Å². The summed E-state index contributed by atoms with van der Waals surface area (Å²) in [6.07, 6.45) is 3.76. The molecule has 0 N–H and O–H groups in total. The van der Waals surface area contributed by atoms with Crippen LogP contribution in [0.25, 0.3) is 0 Å². The number of rotatable bonds is 3. The van der Waals surface area contributed by atoms with E-state index < -0.39 is 0 Å². The molecule has 1 rings (SSSR count). The molecule has 2 heteroatoms. The highest BCUT2D eigenvalue weighted by Gasteiger charge is 2.15. The van der Waals surface area contributed by atoms with Crippen LogP contribution in [0.2, 0.25) is 0 Å². The molecule has 0 bridgehead atoms. The Morgan fingerprint density at radius 2 is 2.00 bits per heavy atom. The highest BCUT2D eigenvalue weighted by Crippen LogP contribution is 2.21. The Balaban J connectivity index is 2.60. The highest BCUT2D eigenvalue weighted by molar-refractivity contribution is 4.97. The van der Waals surface area contributed by atoms with E-state index in [1.54, 1.807) is 0 Å². The Morgan fingerprint density at radius 1 is 1.36 bits per heavy atom. The van der Waals surface area contributed by atoms with E-state index in [0.29, 0.717) is 5.92 Å². The molecule has 0 radical (unpaired) electrons. The van der Waals surface area contributed by atoms with E-state index in [1.807, 2.05) is 6.20 Å². The average molecular weight is 195 g/mol. The van der Waals surface area contributed by atoms with Crippen molar-refractivity contribution < 1.29 is 4.42 Å². The quantitative estimate of drug-likeness (QED) is 0.738. The Hall–Kier alpha value is -0.790. The maximum absolute atomic E-state index is 5.66. The number of hydrogen-bond acceptors (Lipinski definition) is 2. The summed E-state index contributed by atoms with van der Waals surface area (Å²) in [5, 5.41) is 0. The van der Waals surface area contributed by atoms with Gasteiger partial charge < -0.3 is 4.42 Å². The van der Waals surface area contributed by atoms with Gasteiger partial charge in [0.05, 0.1) is 6.20 Å². The van der Waals surface area contributed by atoms with E-state index in [-0.39, 0.29) is 5.41 Å². The molecule has 0 saturated heterocycles. The largest absolute Gasteiger partial charge is 0.446 e. The van der Waals surface area contributed by atoms with Crippen LogP contribution in [0.15, 0.2) is 10.6 Å². The molecule has 1 heterocycles. The molecule has 0 spiro atoms. The topological polar surface area (TPSA) is 26.0 Å². The molecule has 0 aliphatic heterocycles. The molecule has 0 amide bonds. The van der Waals surface area contributed by atoms with Crippen LogP contribution in [0.5, 0.6) is 0 Å². The van der Waals surface area contributed by atoms with Crippen LogP contribution in [-0.2, 0) is 12.8 Å². The van der Waals surface area contributed by atoms with Crippen LogP contribution in [-0.4, -0.2) is 4.98 Å².